The first kappa shape index (κ1) is 11.4. The van der Waals surface area contributed by atoms with E-state index in [1.54, 1.807) is 0 Å². The highest BCUT2D eigenvalue weighted by Gasteiger charge is 2.35. The summed E-state index contributed by atoms with van der Waals surface area (Å²) in [6.07, 6.45) is 4.78. The van der Waals surface area contributed by atoms with Gasteiger partial charge in [0.1, 0.15) is 0 Å². The summed E-state index contributed by atoms with van der Waals surface area (Å²) >= 11 is 3.51. The molecular weight excluding hydrogens is 254 g/mol. The first-order valence-electron chi connectivity index (χ1n) is 6.07. The zero-order valence-corrected chi connectivity index (χ0v) is 11.0. The maximum atomic E-state index is 12.2. The van der Waals surface area contributed by atoms with Crippen LogP contribution in [0.4, 0.5) is 0 Å². The van der Waals surface area contributed by atoms with Crippen LogP contribution < -0.4 is 0 Å². The number of hydrogen-bond donors (Lipinski definition) is 0. The fourth-order valence-corrected chi connectivity index (χ4v) is 3.43. The van der Waals surface area contributed by atoms with Crippen LogP contribution in [0.5, 0.6) is 0 Å². The smallest absolute Gasteiger partial charge is 0.225 e. The second-order valence-corrected chi connectivity index (χ2v) is 5.76. The Morgan fingerprint density at radius 3 is 2.73 bits per heavy atom. The van der Waals surface area contributed by atoms with Gasteiger partial charge in [0, 0.05) is 24.3 Å². The number of alkyl halides is 1. The first-order chi connectivity index (χ1) is 7.22. The van der Waals surface area contributed by atoms with Crippen molar-refractivity contribution >= 4 is 21.8 Å². The molecule has 0 aromatic rings. The van der Waals surface area contributed by atoms with E-state index in [0.29, 0.717) is 23.7 Å². The third-order valence-corrected chi connectivity index (χ3v) is 4.91. The predicted molar refractivity (Wildman–Crippen MR) is 65.0 cm³/mol. The van der Waals surface area contributed by atoms with E-state index in [4.69, 9.17) is 0 Å². The Bertz CT molecular complexity index is 244. The molecule has 0 N–H and O–H groups in total. The van der Waals surface area contributed by atoms with Gasteiger partial charge in [-0.2, -0.15) is 0 Å². The molecule has 0 bridgehead atoms. The summed E-state index contributed by atoms with van der Waals surface area (Å²) in [6, 6.07) is 0. The number of hydrogen-bond acceptors (Lipinski definition) is 1. The summed E-state index contributed by atoms with van der Waals surface area (Å²) < 4.78 is 0. The standard InChI is InChI=1S/C12H20BrNO/c1-9-3-2-4-11(9)12(15)14-6-5-10(7-13)8-14/h9-11H,2-8H2,1H3. The number of amides is 1. The molecular formula is C12H20BrNO. The minimum Gasteiger partial charge on any atom is -0.342 e. The van der Waals surface area contributed by atoms with Gasteiger partial charge in [-0.3, -0.25) is 4.79 Å². The van der Waals surface area contributed by atoms with Gasteiger partial charge in [0.25, 0.3) is 0 Å². The van der Waals surface area contributed by atoms with E-state index >= 15 is 0 Å². The van der Waals surface area contributed by atoms with Crippen molar-refractivity contribution in [2.24, 2.45) is 17.8 Å². The fraction of sp³-hybridized carbons (Fsp3) is 0.917. The largest absolute Gasteiger partial charge is 0.342 e. The highest BCUT2D eigenvalue weighted by Crippen LogP contribution is 2.33. The van der Waals surface area contributed by atoms with Crippen LogP contribution in [-0.4, -0.2) is 29.2 Å². The van der Waals surface area contributed by atoms with E-state index in [-0.39, 0.29) is 0 Å². The van der Waals surface area contributed by atoms with E-state index < -0.39 is 0 Å². The molecule has 1 saturated carbocycles. The van der Waals surface area contributed by atoms with Crippen LogP contribution in [-0.2, 0) is 4.79 Å². The molecule has 1 saturated heterocycles. The highest BCUT2D eigenvalue weighted by atomic mass is 79.9. The van der Waals surface area contributed by atoms with Crippen molar-refractivity contribution in [2.75, 3.05) is 18.4 Å². The van der Waals surface area contributed by atoms with Gasteiger partial charge < -0.3 is 4.90 Å². The third-order valence-electron chi connectivity index (χ3n) is 3.99. The highest BCUT2D eigenvalue weighted by molar-refractivity contribution is 9.09. The Hall–Kier alpha value is -0.0500. The average Bonchev–Trinajstić information content (AvgIpc) is 2.84. The molecule has 0 spiro atoms. The predicted octanol–water partition coefficient (Wildman–Crippen LogP) is 2.67. The summed E-state index contributed by atoms with van der Waals surface area (Å²) in [6.45, 7) is 4.19. The molecule has 2 fully saturated rings. The third kappa shape index (κ3) is 2.38. The van der Waals surface area contributed by atoms with Gasteiger partial charge >= 0.3 is 0 Å². The zero-order chi connectivity index (χ0) is 10.8. The lowest BCUT2D eigenvalue weighted by atomic mass is 9.97. The summed E-state index contributed by atoms with van der Waals surface area (Å²) in [5.74, 6) is 2.06. The number of carbonyl (C=O) groups is 1. The van der Waals surface area contributed by atoms with Crippen LogP contribution in [0.1, 0.15) is 32.6 Å². The minimum atomic E-state index is 0.332. The molecule has 0 aromatic carbocycles. The van der Waals surface area contributed by atoms with Gasteiger partial charge in [0.15, 0.2) is 0 Å². The number of nitrogens with zero attached hydrogens (tertiary/aromatic N) is 1. The molecule has 86 valence electrons. The van der Waals surface area contributed by atoms with E-state index in [0.717, 1.165) is 24.8 Å². The molecule has 3 unspecified atom stereocenters. The van der Waals surface area contributed by atoms with Crippen LogP contribution in [0.2, 0.25) is 0 Å². The molecule has 1 aliphatic carbocycles. The number of carbonyl (C=O) groups excluding carboxylic acids is 1. The second kappa shape index (κ2) is 4.86. The average molecular weight is 274 g/mol. The van der Waals surface area contributed by atoms with Crippen molar-refractivity contribution in [3.8, 4) is 0 Å². The topological polar surface area (TPSA) is 20.3 Å². The van der Waals surface area contributed by atoms with Crippen molar-refractivity contribution in [3.63, 3.8) is 0 Å². The Morgan fingerprint density at radius 2 is 2.20 bits per heavy atom. The van der Waals surface area contributed by atoms with Crippen LogP contribution in [0, 0.1) is 17.8 Å². The number of likely N-dealkylation sites (tertiary alicyclic amines) is 1. The molecule has 15 heavy (non-hydrogen) atoms. The molecule has 2 aliphatic rings. The summed E-state index contributed by atoms with van der Waals surface area (Å²) in [5, 5.41) is 1.04. The van der Waals surface area contributed by atoms with E-state index in [9.17, 15) is 4.79 Å². The van der Waals surface area contributed by atoms with Gasteiger partial charge in [-0.1, -0.05) is 29.3 Å². The van der Waals surface area contributed by atoms with E-state index in [1.165, 1.54) is 19.3 Å². The normalized spacial score (nSPS) is 36.1. The maximum Gasteiger partial charge on any atom is 0.225 e. The monoisotopic (exact) mass is 273 g/mol. The van der Waals surface area contributed by atoms with E-state index in [1.807, 2.05) is 0 Å². The lowest BCUT2D eigenvalue weighted by molar-refractivity contribution is -0.135. The number of rotatable bonds is 2. The minimum absolute atomic E-state index is 0.332. The Morgan fingerprint density at radius 1 is 1.40 bits per heavy atom. The van der Waals surface area contributed by atoms with Crippen LogP contribution >= 0.6 is 15.9 Å². The van der Waals surface area contributed by atoms with Crippen molar-refractivity contribution < 1.29 is 4.79 Å². The Labute approximate surface area is 101 Å². The molecule has 0 aromatic heterocycles. The van der Waals surface area contributed by atoms with Gasteiger partial charge in [0.2, 0.25) is 5.91 Å². The molecule has 1 amide bonds. The van der Waals surface area contributed by atoms with Gasteiger partial charge in [0.05, 0.1) is 0 Å². The van der Waals surface area contributed by atoms with Gasteiger partial charge in [-0.05, 0) is 31.1 Å². The first-order valence-corrected chi connectivity index (χ1v) is 7.19. The Balaban J connectivity index is 1.91. The molecule has 2 rings (SSSR count). The molecule has 1 aliphatic heterocycles. The molecule has 0 radical (unpaired) electrons. The van der Waals surface area contributed by atoms with Gasteiger partial charge in [-0.15, -0.1) is 0 Å². The second-order valence-electron chi connectivity index (χ2n) is 5.11. The Kier molecular flexibility index (Phi) is 3.70. The molecule has 3 heteroatoms. The summed E-state index contributed by atoms with van der Waals surface area (Å²) in [4.78, 5) is 14.3. The summed E-state index contributed by atoms with van der Waals surface area (Å²) in [5.41, 5.74) is 0. The van der Waals surface area contributed by atoms with Crippen molar-refractivity contribution in [1.82, 2.24) is 4.90 Å². The lowest BCUT2D eigenvalue weighted by Crippen LogP contribution is -2.35. The van der Waals surface area contributed by atoms with Crippen LogP contribution in [0.25, 0.3) is 0 Å². The quantitative estimate of drug-likeness (QED) is 0.709. The SMILES string of the molecule is CC1CCCC1C(=O)N1CCC(CBr)C1. The van der Waals surface area contributed by atoms with E-state index in [2.05, 4.69) is 27.8 Å². The van der Waals surface area contributed by atoms with Crippen molar-refractivity contribution in [1.29, 1.82) is 0 Å². The van der Waals surface area contributed by atoms with Crippen molar-refractivity contribution in [2.45, 2.75) is 32.6 Å². The van der Waals surface area contributed by atoms with Crippen LogP contribution in [0.15, 0.2) is 0 Å². The van der Waals surface area contributed by atoms with Crippen molar-refractivity contribution in [3.05, 3.63) is 0 Å². The summed E-state index contributed by atoms with van der Waals surface area (Å²) in [7, 11) is 0. The molecule has 1 heterocycles. The molecule has 3 atom stereocenters. The van der Waals surface area contributed by atoms with Crippen LogP contribution in [0.3, 0.4) is 0 Å². The fourth-order valence-electron chi connectivity index (χ4n) is 2.91. The zero-order valence-electron chi connectivity index (χ0n) is 9.42. The maximum absolute atomic E-state index is 12.2. The number of halogens is 1. The lowest BCUT2D eigenvalue weighted by Gasteiger charge is -2.23. The molecule has 2 nitrogen and oxygen atoms in total. The van der Waals surface area contributed by atoms with Gasteiger partial charge in [-0.25, -0.2) is 0 Å².